The second-order valence-corrected chi connectivity index (χ2v) is 10.4. The number of hydrogen-bond donors (Lipinski definition) is 0. The number of amides is 1. The van der Waals surface area contributed by atoms with Gasteiger partial charge in [-0.3, -0.25) is 4.79 Å². The van der Waals surface area contributed by atoms with E-state index in [4.69, 9.17) is 0 Å². The van der Waals surface area contributed by atoms with E-state index in [-0.39, 0.29) is 5.92 Å². The van der Waals surface area contributed by atoms with E-state index in [1.54, 1.807) is 29.0 Å². The van der Waals surface area contributed by atoms with Crippen LogP contribution in [-0.2, 0) is 11.3 Å². The third-order valence-electron chi connectivity index (χ3n) is 6.27. The Morgan fingerprint density at radius 2 is 2.00 bits per heavy atom. The summed E-state index contributed by atoms with van der Waals surface area (Å²) in [6.07, 6.45) is 5.80. The molecule has 0 aromatic carbocycles. The average molecular weight is 427 g/mol. The third-order valence-corrected chi connectivity index (χ3v) is 8.24. The molecule has 3 aromatic rings. The minimum Gasteiger partial charge on any atom is -0.356 e. The number of thiophene rings is 2. The second kappa shape index (κ2) is 7.69. The number of fused-ring (bicyclic) bond motifs is 1. The summed E-state index contributed by atoms with van der Waals surface area (Å²) in [5.41, 5.74) is 1.29. The second-order valence-electron chi connectivity index (χ2n) is 8.20. The van der Waals surface area contributed by atoms with Gasteiger partial charge in [-0.05, 0) is 56.5 Å². The van der Waals surface area contributed by atoms with E-state index in [0.29, 0.717) is 11.9 Å². The number of aryl methyl sites for hydroxylation is 2. The summed E-state index contributed by atoms with van der Waals surface area (Å²) < 4.78 is 0. The molecule has 7 heteroatoms. The third kappa shape index (κ3) is 3.66. The van der Waals surface area contributed by atoms with E-state index in [0.717, 1.165) is 56.0 Å². The summed E-state index contributed by atoms with van der Waals surface area (Å²) in [6, 6.07) is 4.67. The molecule has 152 valence electrons. The molecule has 4 heterocycles. The Balaban J connectivity index is 1.29. The van der Waals surface area contributed by atoms with Crippen LogP contribution in [0.25, 0.3) is 10.2 Å². The predicted molar refractivity (Wildman–Crippen MR) is 120 cm³/mol. The van der Waals surface area contributed by atoms with Gasteiger partial charge in [0.25, 0.3) is 0 Å². The number of nitrogens with zero attached hydrogens (tertiary/aromatic N) is 4. The Kier molecular flexibility index (Phi) is 5.04. The van der Waals surface area contributed by atoms with Crippen molar-refractivity contribution in [3.05, 3.63) is 39.2 Å². The maximum atomic E-state index is 13.3. The molecule has 1 amide bonds. The molecule has 5 rings (SSSR count). The fourth-order valence-electron chi connectivity index (χ4n) is 4.32. The minimum absolute atomic E-state index is 0.134. The summed E-state index contributed by atoms with van der Waals surface area (Å²) in [4.78, 5) is 30.6. The molecule has 0 atom stereocenters. The van der Waals surface area contributed by atoms with E-state index in [2.05, 4.69) is 51.1 Å². The van der Waals surface area contributed by atoms with Crippen molar-refractivity contribution in [3.63, 3.8) is 0 Å². The van der Waals surface area contributed by atoms with Crippen molar-refractivity contribution in [3.8, 4) is 0 Å². The summed E-state index contributed by atoms with van der Waals surface area (Å²) >= 11 is 3.49. The van der Waals surface area contributed by atoms with Gasteiger partial charge in [-0.25, -0.2) is 9.97 Å². The lowest BCUT2D eigenvalue weighted by molar-refractivity contribution is -0.137. The first-order chi connectivity index (χ1) is 14.1. The monoisotopic (exact) mass is 426 g/mol. The molecule has 29 heavy (non-hydrogen) atoms. The summed E-state index contributed by atoms with van der Waals surface area (Å²) in [5.74, 6) is 1.53. The molecular formula is C22H26N4OS2. The topological polar surface area (TPSA) is 49.3 Å². The molecule has 5 nitrogen and oxygen atoms in total. The van der Waals surface area contributed by atoms with Crippen molar-refractivity contribution in [1.82, 2.24) is 14.9 Å². The highest BCUT2D eigenvalue weighted by molar-refractivity contribution is 7.18. The van der Waals surface area contributed by atoms with E-state index < -0.39 is 0 Å². The summed E-state index contributed by atoms with van der Waals surface area (Å²) in [7, 11) is 0. The standard InChI is InChI=1S/C22H26N4OS2/c1-14-15(2)29-21-19(14)20(23-13-24-21)25-9-7-16(8-10-25)22(27)26(17-5-6-17)12-18-4-3-11-28-18/h3-4,11,13,16-17H,5-10,12H2,1-2H3. The van der Waals surface area contributed by atoms with Crippen molar-refractivity contribution in [2.75, 3.05) is 18.0 Å². The van der Waals surface area contributed by atoms with Crippen LogP contribution in [0.5, 0.6) is 0 Å². The van der Waals surface area contributed by atoms with E-state index in [9.17, 15) is 4.79 Å². The molecule has 0 radical (unpaired) electrons. The van der Waals surface area contributed by atoms with Crippen LogP contribution in [0.1, 0.15) is 41.0 Å². The summed E-state index contributed by atoms with van der Waals surface area (Å²) in [6.45, 7) is 6.86. The van der Waals surface area contributed by atoms with Crippen LogP contribution in [0.2, 0.25) is 0 Å². The van der Waals surface area contributed by atoms with Crippen LogP contribution in [0, 0.1) is 19.8 Å². The maximum absolute atomic E-state index is 13.3. The Hall–Kier alpha value is -1.99. The number of rotatable bonds is 5. The molecule has 1 aliphatic heterocycles. The minimum atomic E-state index is 0.134. The van der Waals surface area contributed by atoms with Crippen molar-refractivity contribution in [1.29, 1.82) is 0 Å². The van der Waals surface area contributed by atoms with E-state index >= 15 is 0 Å². The van der Waals surface area contributed by atoms with Gasteiger partial charge in [-0.15, -0.1) is 22.7 Å². The zero-order chi connectivity index (χ0) is 20.0. The van der Waals surface area contributed by atoms with Gasteiger partial charge in [0.05, 0.1) is 11.9 Å². The number of piperidine rings is 1. The van der Waals surface area contributed by atoms with Crippen LogP contribution in [0.4, 0.5) is 5.82 Å². The zero-order valence-corrected chi connectivity index (χ0v) is 18.6. The molecule has 0 unspecified atom stereocenters. The first-order valence-electron chi connectivity index (χ1n) is 10.4. The highest BCUT2D eigenvalue weighted by Gasteiger charge is 2.37. The fraction of sp³-hybridized carbons (Fsp3) is 0.500. The van der Waals surface area contributed by atoms with Crippen LogP contribution in [-0.4, -0.2) is 39.9 Å². The quantitative estimate of drug-likeness (QED) is 0.589. The van der Waals surface area contributed by atoms with Gasteiger partial charge < -0.3 is 9.80 Å². The van der Waals surface area contributed by atoms with Gasteiger partial charge in [-0.1, -0.05) is 6.07 Å². The van der Waals surface area contributed by atoms with E-state index in [1.165, 1.54) is 20.7 Å². The highest BCUT2D eigenvalue weighted by atomic mass is 32.1. The van der Waals surface area contributed by atoms with Crippen LogP contribution < -0.4 is 4.90 Å². The predicted octanol–water partition coefficient (Wildman–Crippen LogP) is 4.78. The largest absolute Gasteiger partial charge is 0.356 e. The van der Waals surface area contributed by atoms with Gasteiger partial charge in [0.2, 0.25) is 5.91 Å². The maximum Gasteiger partial charge on any atom is 0.226 e. The van der Waals surface area contributed by atoms with Gasteiger partial charge in [-0.2, -0.15) is 0 Å². The Labute approximate surface area is 179 Å². The first kappa shape index (κ1) is 19.0. The van der Waals surface area contributed by atoms with Crippen LogP contribution in [0.15, 0.2) is 23.8 Å². The molecule has 1 aliphatic carbocycles. The lowest BCUT2D eigenvalue weighted by Crippen LogP contribution is -2.43. The molecule has 0 spiro atoms. The molecule has 2 fully saturated rings. The van der Waals surface area contributed by atoms with Gasteiger partial charge >= 0.3 is 0 Å². The van der Waals surface area contributed by atoms with Crippen LogP contribution >= 0.6 is 22.7 Å². The van der Waals surface area contributed by atoms with Crippen molar-refractivity contribution < 1.29 is 4.79 Å². The number of anilines is 1. The number of aromatic nitrogens is 2. The van der Waals surface area contributed by atoms with Crippen molar-refractivity contribution in [2.24, 2.45) is 5.92 Å². The fourth-order valence-corrected chi connectivity index (χ4v) is 6.01. The first-order valence-corrected chi connectivity index (χ1v) is 12.1. The van der Waals surface area contributed by atoms with Crippen molar-refractivity contribution in [2.45, 2.75) is 52.1 Å². The smallest absolute Gasteiger partial charge is 0.226 e. The molecule has 3 aromatic heterocycles. The molecule has 2 aliphatic rings. The van der Waals surface area contributed by atoms with Crippen LogP contribution in [0.3, 0.4) is 0 Å². The zero-order valence-electron chi connectivity index (χ0n) is 16.9. The normalized spacial score (nSPS) is 17.8. The molecule has 1 saturated heterocycles. The highest BCUT2D eigenvalue weighted by Crippen LogP contribution is 2.37. The Morgan fingerprint density at radius 3 is 2.69 bits per heavy atom. The van der Waals surface area contributed by atoms with Gasteiger partial charge in [0, 0.05) is 34.8 Å². The lowest BCUT2D eigenvalue weighted by atomic mass is 9.94. The number of carbonyl (C=O) groups is 1. The Morgan fingerprint density at radius 1 is 1.21 bits per heavy atom. The average Bonchev–Trinajstić information content (AvgIpc) is 3.37. The lowest BCUT2D eigenvalue weighted by Gasteiger charge is -2.35. The Bertz CT molecular complexity index is 1020. The van der Waals surface area contributed by atoms with E-state index in [1.807, 2.05) is 0 Å². The number of carbonyl (C=O) groups excluding carboxylic acids is 1. The molecular weight excluding hydrogens is 400 g/mol. The van der Waals surface area contributed by atoms with Crippen molar-refractivity contribution >= 4 is 44.6 Å². The SMILES string of the molecule is Cc1sc2ncnc(N3CCC(C(=O)N(Cc4cccs4)C4CC4)CC3)c2c1C. The number of hydrogen-bond acceptors (Lipinski definition) is 6. The molecule has 0 bridgehead atoms. The molecule has 0 N–H and O–H groups in total. The van der Waals surface area contributed by atoms with Gasteiger partial charge in [0.15, 0.2) is 0 Å². The summed E-state index contributed by atoms with van der Waals surface area (Å²) in [5, 5.41) is 3.29. The molecule has 1 saturated carbocycles. The van der Waals surface area contributed by atoms with Gasteiger partial charge in [0.1, 0.15) is 17.0 Å².